The van der Waals surface area contributed by atoms with E-state index in [1.54, 1.807) is 41.6 Å². The van der Waals surface area contributed by atoms with E-state index in [-0.39, 0.29) is 16.9 Å². The number of rotatable bonds is 5. The van der Waals surface area contributed by atoms with E-state index in [0.29, 0.717) is 45.0 Å². The van der Waals surface area contributed by atoms with Gasteiger partial charge in [-0.15, -0.1) is 0 Å². The molecule has 4 rings (SSSR count). The van der Waals surface area contributed by atoms with Crippen LogP contribution in [0.3, 0.4) is 0 Å². The molecule has 1 atom stereocenters. The van der Waals surface area contributed by atoms with Gasteiger partial charge in [0.15, 0.2) is 0 Å². The van der Waals surface area contributed by atoms with Gasteiger partial charge in [-0.2, -0.15) is 4.31 Å². The van der Waals surface area contributed by atoms with E-state index in [1.807, 2.05) is 0 Å². The highest BCUT2D eigenvalue weighted by Gasteiger charge is 2.28. The molecule has 0 N–H and O–H groups in total. The number of benzene rings is 1. The molecule has 1 unspecified atom stereocenters. The van der Waals surface area contributed by atoms with Gasteiger partial charge in [-0.3, -0.25) is 9.78 Å². The third-order valence-electron chi connectivity index (χ3n) is 5.33. The van der Waals surface area contributed by atoms with Crippen molar-refractivity contribution >= 4 is 15.9 Å². The minimum Gasteiger partial charge on any atom is -0.488 e. The van der Waals surface area contributed by atoms with Gasteiger partial charge in [0.1, 0.15) is 11.9 Å². The number of ether oxygens (including phenoxy) is 2. The number of nitrogens with zero attached hydrogens (tertiary/aromatic N) is 3. The number of likely N-dealkylation sites (tertiary alicyclic amines) is 1. The highest BCUT2D eigenvalue weighted by molar-refractivity contribution is 7.89. The molecular formula is C21H25N3O5S. The summed E-state index contributed by atoms with van der Waals surface area (Å²) in [5, 5.41) is 0. The van der Waals surface area contributed by atoms with Gasteiger partial charge >= 0.3 is 0 Å². The molecule has 3 heterocycles. The number of aromatic nitrogens is 1. The summed E-state index contributed by atoms with van der Waals surface area (Å²) in [6.07, 6.45) is 5.00. The maximum Gasteiger partial charge on any atom is 0.253 e. The second-order valence-corrected chi connectivity index (χ2v) is 9.29. The number of carbonyl (C=O) groups is 1. The Morgan fingerprint density at radius 3 is 2.43 bits per heavy atom. The largest absolute Gasteiger partial charge is 0.488 e. The number of piperidine rings is 1. The summed E-state index contributed by atoms with van der Waals surface area (Å²) in [5.41, 5.74) is 0.473. The van der Waals surface area contributed by atoms with Gasteiger partial charge in [-0.05, 0) is 49.2 Å². The van der Waals surface area contributed by atoms with Crippen LogP contribution in [0.5, 0.6) is 5.75 Å². The molecule has 1 amide bonds. The summed E-state index contributed by atoms with van der Waals surface area (Å²) >= 11 is 0. The van der Waals surface area contributed by atoms with Gasteiger partial charge in [-0.1, -0.05) is 0 Å². The van der Waals surface area contributed by atoms with Gasteiger partial charge in [0.05, 0.1) is 24.7 Å². The first-order chi connectivity index (χ1) is 14.5. The third kappa shape index (κ3) is 4.63. The Balaban J connectivity index is 1.41. The molecule has 160 valence electrons. The van der Waals surface area contributed by atoms with E-state index >= 15 is 0 Å². The predicted octanol–water partition coefficient (Wildman–Crippen LogP) is 1.79. The first kappa shape index (κ1) is 20.8. The standard InChI is InChI=1S/C21H25N3O5S/c25-21(23-11-1-2-19(16-23)29-18-7-9-22-10-8-18)17-3-5-20(6-4-17)30(26,27)24-12-14-28-15-13-24/h3-10,19H,1-2,11-16H2. The fraction of sp³-hybridized carbons (Fsp3) is 0.429. The lowest BCUT2D eigenvalue weighted by Gasteiger charge is -2.33. The summed E-state index contributed by atoms with van der Waals surface area (Å²) in [6, 6.07) is 9.79. The summed E-state index contributed by atoms with van der Waals surface area (Å²) in [7, 11) is -3.57. The average molecular weight is 432 g/mol. The van der Waals surface area contributed by atoms with Gasteiger partial charge < -0.3 is 14.4 Å². The first-order valence-electron chi connectivity index (χ1n) is 10.1. The molecular weight excluding hydrogens is 406 g/mol. The summed E-state index contributed by atoms with van der Waals surface area (Å²) in [6.45, 7) is 2.63. The SMILES string of the molecule is O=C(c1ccc(S(=O)(=O)N2CCOCC2)cc1)N1CCCC(Oc2ccncc2)C1. The number of pyridine rings is 1. The van der Waals surface area contributed by atoms with Crippen molar-refractivity contribution in [1.29, 1.82) is 0 Å². The molecule has 2 aliphatic heterocycles. The van der Waals surface area contributed by atoms with E-state index in [9.17, 15) is 13.2 Å². The number of amides is 1. The van der Waals surface area contributed by atoms with Gasteiger partial charge in [0.25, 0.3) is 5.91 Å². The number of sulfonamides is 1. The molecule has 1 aromatic carbocycles. The van der Waals surface area contributed by atoms with Crippen molar-refractivity contribution in [3.8, 4) is 5.75 Å². The molecule has 2 aromatic rings. The van der Waals surface area contributed by atoms with Crippen molar-refractivity contribution in [3.05, 3.63) is 54.4 Å². The zero-order chi connectivity index (χ0) is 21.0. The summed E-state index contributed by atoms with van der Waals surface area (Å²) < 4.78 is 38.1. The highest BCUT2D eigenvalue weighted by atomic mass is 32.2. The van der Waals surface area contributed by atoms with Crippen LogP contribution in [0.25, 0.3) is 0 Å². The maximum atomic E-state index is 12.9. The molecule has 0 aliphatic carbocycles. The molecule has 9 heteroatoms. The summed E-state index contributed by atoms with van der Waals surface area (Å²) in [5.74, 6) is 0.621. The van der Waals surface area contributed by atoms with Crippen LogP contribution in [-0.4, -0.2) is 74.0 Å². The third-order valence-corrected chi connectivity index (χ3v) is 7.24. The Hall–Kier alpha value is -2.49. The van der Waals surface area contributed by atoms with Crippen molar-refractivity contribution in [2.24, 2.45) is 0 Å². The first-order valence-corrected chi connectivity index (χ1v) is 11.5. The van der Waals surface area contributed by atoms with E-state index in [4.69, 9.17) is 9.47 Å². The zero-order valence-electron chi connectivity index (χ0n) is 16.6. The highest BCUT2D eigenvalue weighted by Crippen LogP contribution is 2.21. The summed E-state index contributed by atoms with van der Waals surface area (Å²) in [4.78, 5) is 18.9. The number of carbonyl (C=O) groups excluding carboxylic acids is 1. The molecule has 2 aliphatic rings. The molecule has 0 spiro atoms. The van der Waals surface area contributed by atoms with Crippen LogP contribution >= 0.6 is 0 Å². The van der Waals surface area contributed by atoms with Gasteiger partial charge in [-0.25, -0.2) is 8.42 Å². The average Bonchev–Trinajstić information content (AvgIpc) is 2.80. The fourth-order valence-electron chi connectivity index (χ4n) is 3.72. The monoisotopic (exact) mass is 431 g/mol. The number of hydrogen-bond donors (Lipinski definition) is 0. The Labute approximate surface area is 176 Å². The molecule has 30 heavy (non-hydrogen) atoms. The van der Waals surface area contributed by atoms with Gasteiger partial charge in [0.2, 0.25) is 10.0 Å². The van der Waals surface area contributed by atoms with Crippen LogP contribution in [0.1, 0.15) is 23.2 Å². The minimum atomic E-state index is -3.57. The van der Waals surface area contributed by atoms with Crippen molar-refractivity contribution in [2.75, 3.05) is 39.4 Å². The Morgan fingerprint density at radius 2 is 1.73 bits per heavy atom. The van der Waals surface area contributed by atoms with E-state index in [1.165, 1.54) is 16.4 Å². The quantitative estimate of drug-likeness (QED) is 0.717. The van der Waals surface area contributed by atoms with Crippen molar-refractivity contribution < 1.29 is 22.7 Å². The topological polar surface area (TPSA) is 89.0 Å². The second kappa shape index (κ2) is 9.11. The van der Waals surface area contributed by atoms with E-state index < -0.39 is 10.0 Å². The van der Waals surface area contributed by atoms with Crippen LogP contribution in [0, 0.1) is 0 Å². The normalized spacial score (nSPS) is 20.7. The molecule has 0 bridgehead atoms. The molecule has 0 radical (unpaired) electrons. The zero-order valence-corrected chi connectivity index (χ0v) is 17.5. The van der Waals surface area contributed by atoms with Crippen LogP contribution in [0.15, 0.2) is 53.7 Å². The van der Waals surface area contributed by atoms with Crippen LogP contribution in [0.4, 0.5) is 0 Å². The van der Waals surface area contributed by atoms with Crippen molar-refractivity contribution in [3.63, 3.8) is 0 Å². The smallest absolute Gasteiger partial charge is 0.253 e. The Bertz CT molecular complexity index is 960. The Morgan fingerprint density at radius 1 is 1.03 bits per heavy atom. The second-order valence-electron chi connectivity index (χ2n) is 7.36. The van der Waals surface area contributed by atoms with Crippen LogP contribution < -0.4 is 4.74 Å². The molecule has 2 fully saturated rings. The predicted molar refractivity (Wildman–Crippen MR) is 110 cm³/mol. The van der Waals surface area contributed by atoms with Crippen LogP contribution in [0.2, 0.25) is 0 Å². The molecule has 8 nitrogen and oxygen atoms in total. The number of hydrogen-bond acceptors (Lipinski definition) is 6. The van der Waals surface area contributed by atoms with E-state index in [2.05, 4.69) is 4.98 Å². The lowest BCUT2D eigenvalue weighted by Crippen LogP contribution is -2.44. The number of morpholine rings is 1. The minimum absolute atomic E-state index is 0.0777. The lowest BCUT2D eigenvalue weighted by atomic mass is 10.1. The van der Waals surface area contributed by atoms with Crippen molar-refractivity contribution in [1.82, 2.24) is 14.2 Å². The fourth-order valence-corrected chi connectivity index (χ4v) is 5.12. The van der Waals surface area contributed by atoms with Crippen LogP contribution in [-0.2, 0) is 14.8 Å². The molecule has 0 saturated carbocycles. The van der Waals surface area contributed by atoms with Gasteiger partial charge in [0, 0.05) is 37.6 Å². The molecule has 1 aromatic heterocycles. The lowest BCUT2D eigenvalue weighted by molar-refractivity contribution is 0.0537. The maximum absolute atomic E-state index is 12.9. The van der Waals surface area contributed by atoms with Crippen molar-refractivity contribution in [2.45, 2.75) is 23.8 Å². The van der Waals surface area contributed by atoms with E-state index in [0.717, 1.165) is 18.6 Å². The Kier molecular flexibility index (Phi) is 6.31. The molecule has 2 saturated heterocycles.